The van der Waals surface area contributed by atoms with E-state index in [1.54, 1.807) is 0 Å². The molecule has 83 heavy (non-hydrogen) atoms. The Kier molecular flexibility index (Phi) is 13.2. The number of anilines is 9. The van der Waals surface area contributed by atoms with E-state index in [4.69, 9.17) is 0 Å². The minimum Gasteiger partial charge on any atom is -0.311 e. The van der Waals surface area contributed by atoms with Crippen molar-refractivity contribution in [3.63, 3.8) is 0 Å². The number of benzene rings is 8. The summed E-state index contributed by atoms with van der Waals surface area (Å²) in [5.74, 6) is 0. The molecule has 0 N–H and O–H groups in total. The molecule has 2 aliphatic heterocycles. The molecule has 3 nitrogen and oxygen atoms in total. The summed E-state index contributed by atoms with van der Waals surface area (Å²) in [6.45, 7) is 44.9. The van der Waals surface area contributed by atoms with Crippen molar-refractivity contribution in [1.82, 2.24) is 0 Å². The van der Waals surface area contributed by atoms with Crippen molar-refractivity contribution in [1.29, 1.82) is 0 Å². The maximum absolute atomic E-state index is 2.72. The minimum atomic E-state index is -0.0697. The van der Waals surface area contributed by atoms with Gasteiger partial charge in [-0.1, -0.05) is 216 Å². The van der Waals surface area contributed by atoms with E-state index in [0.717, 1.165) is 29.9 Å². The maximum Gasteiger partial charge on any atom is 0.264 e. The van der Waals surface area contributed by atoms with E-state index in [1.165, 1.54) is 110 Å². The van der Waals surface area contributed by atoms with Gasteiger partial charge in [-0.05, 0) is 185 Å². The van der Waals surface area contributed by atoms with Crippen molar-refractivity contribution < 1.29 is 0 Å². The first-order valence-electron chi connectivity index (χ1n) is 30.7. The van der Waals surface area contributed by atoms with Crippen LogP contribution >= 0.6 is 11.3 Å². The lowest BCUT2D eigenvalue weighted by atomic mass is 9.35. The largest absolute Gasteiger partial charge is 0.311 e. The number of nitrogens with zero attached hydrogens (tertiary/aromatic N) is 3. The van der Waals surface area contributed by atoms with Crippen LogP contribution in [-0.2, 0) is 37.9 Å². The Morgan fingerprint density at radius 2 is 0.880 bits per heavy atom. The number of hydrogen-bond acceptors (Lipinski definition) is 4. The lowest BCUT2D eigenvalue weighted by Crippen LogP contribution is -2.61. The van der Waals surface area contributed by atoms with Crippen LogP contribution in [0, 0.1) is 0 Å². The molecular formula is C78H88BN3S. The fourth-order valence-electron chi connectivity index (χ4n) is 13.5. The van der Waals surface area contributed by atoms with Gasteiger partial charge in [0, 0.05) is 54.6 Å². The SMILES string of the molecule is CC(C)(C)c1ccc(N(c2ccc(C(C)(C)C)cc2)c2cc3c4c(c2)N(c2ccc(C(C)(C)C)cc2)c2c(sc5ccc(C(C)(C)C)cc25)B4c2cc4c(cc2N3c2ccc(C(C)(C)C)cc2-c2ccccc2)C(C)(C)CCC4(C)C)cc1. The minimum absolute atomic E-state index is 0.00447. The average molecular weight is 1110 g/mol. The highest BCUT2D eigenvalue weighted by atomic mass is 32.1. The van der Waals surface area contributed by atoms with Crippen LogP contribution in [0.2, 0.25) is 0 Å². The molecule has 3 heterocycles. The Labute approximate surface area is 502 Å². The summed E-state index contributed by atoms with van der Waals surface area (Å²) in [7, 11) is 0. The first-order chi connectivity index (χ1) is 38.8. The summed E-state index contributed by atoms with van der Waals surface area (Å²) in [5.41, 5.74) is 25.3. The van der Waals surface area contributed by atoms with Crippen molar-refractivity contribution >= 4 is 95.0 Å². The van der Waals surface area contributed by atoms with Crippen LogP contribution in [0.5, 0.6) is 0 Å². The highest BCUT2D eigenvalue weighted by Gasteiger charge is 2.49. The molecule has 0 amide bonds. The number of hydrogen-bond donors (Lipinski definition) is 0. The molecule has 0 spiro atoms. The van der Waals surface area contributed by atoms with Gasteiger partial charge in [0.1, 0.15) is 0 Å². The van der Waals surface area contributed by atoms with Gasteiger partial charge in [-0.3, -0.25) is 0 Å². The lowest BCUT2D eigenvalue weighted by Gasteiger charge is -2.47. The van der Waals surface area contributed by atoms with Crippen molar-refractivity contribution in [2.24, 2.45) is 0 Å². The molecule has 9 aromatic rings. The summed E-state index contributed by atoms with van der Waals surface area (Å²) in [6, 6.07) is 64.8. The predicted molar refractivity (Wildman–Crippen MR) is 365 cm³/mol. The Balaban J connectivity index is 1.28. The van der Waals surface area contributed by atoms with Crippen molar-refractivity contribution in [2.45, 2.75) is 182 Å². The van der Waals surface area contributed by atoms with Crippen LogP contribution in [0.3, 0.4) is 0 Å². The van der Waals surface area contributed by atoms with Gasteiger partial charge in [0.05, 0.1) is 17.1 Å². The van der Waals surface area contributed by atoms with Gasteiger partial charge in [0.25, 0.3) is 6.71 Å². The van der Waals surface area contributed by atoms with Gasteiger partial charge < -0.3 is 14.7 Å². The monoisotopic (exact) mass is 1110 g/mol. The zero-order valence-electron chi connectivity index (χ0n) is 53.3. The molecule has 12 rings (SSSR count). The van der Waals surface area contributed by atoms with E-state index < -0.39 is 0 Å². The number of thiophene rings is 1. The number of rotatable bonds is 6. The molecule has 8 aromatic carbocycles. The van der Waals surface area contributed by atoms with E-state index in [2.05, 4.69) is 310 Å². The van der Waals surface area contributed by atoms with Gasteiger partial charge in [0.15, 0.2) is 0 Å². The van der Waals surface area contributed by atoms with E-state index >= 15 is 0 Å². The van der Waals surface area contributed by atoms with E-state index in [0.29, 0.717) is 0 Å². The summed E-state index contributed by atoms with van der Waals surface area (Å²) < 4.78 is 2.72. The molecule has 0 unspecified atom stereocenters. The summed E-state index contributed by atoms with van der Waals surface area (Å²) in [5, 5.41) is 1.31. The smallest absolute Gasteiger partial charge is 0.264 e. The summed E-state index contributed by atoms with van der Waals surface area (Å²) in [6.07, 6.45) is 2.27. The second-order valence-electron chi connectivity index (χ2n) is 31.1. The van der Waals surface area contributed by atoms with Gasteiger partial charge in [-0.25, -0.2) is 0 Å². The highest BCUT2D eigenvalue weighted by molar-refractivity contribution is 7.33. The second-order valence-corrected chi connectivity index (χ2v) is 32.2. The zero-order valence-corrected chi connectivity index (χ0v) is 54.1. The molecule has 424 valence electrons. The molecule has 5 heteroatoms. The standard InChI is InChI=1S/C78H88BN3S/c1-72(2,3)50-25-33-55(34-26-50)80(56-35-27-51(28-36-56)73(4,5)6)58-45-66-69-67(46-58)82(64-39-31-53(75(10,11)12)43-59(64)49-23-21-20-22-24-49)65-48-62-61(77(16,17)41-42-78(62,18)19)47-63(65)79(69)71-70(60-44-54(76(13,14)15)32-40-68(60)83-71)81(66)57-37-29-52(30-38-57)74(7,8)9/h20-40,43-48H,41-42H2,1-19H3. The van der Waals surface area contributed by atoms with E-state index in [9.17, 15) is 0 Å². The van der Waals surface area contributed by atoms with Crippen molar-refractivity contribution in [2.75, 3.05) is 14.7 Å². The van der Waals surface area contributed by atoms with E-state index in [-0.39, 0.29) is 44.6 Å². The highest BCUT2D eigenvalue weighted by Crippen LogP contribution is 2.55. The molecule has 0 fully saturated rings. The molecule has 0 saturated heterocycles. The third kappa shape index (κ3) is 9.85. The van der Waals surface area contributed by atoms with Gasteiger partial charge in [0.2, 0.25) is 0 Å². The van der Waals surface area contributed by atoms with Crippen molar-refractivity contribution in [3.8, 4) is 11.1 Å². The fraction of sp³-hybridized carbons (Fsp3) is 0.359. The van der Waals surface area contributed by atoms with Crippen LogP contribution in [0.1, 0.15) is 183 Å². The molecule has 1 aromatic heterocycles. The molecule has 3 aliphatic rings. The molecule has 0 atom stereocenters. The summed E-state index contributed by atoms with van der Waals surface area (Å²) in [4.78, 5) is 7.95. The molecule has 0 bridgehead atoms. The predicted octanol–water partition coefficient (Wildman–Crippen LogP) is 21.0. The Hall–Kier alpha value is -6.82. The van der Waals surface area contributed by atoms with Crippen LogP contribution in [0.15, 0.2) is 164 Å². The first kappa shape index (κ1) is 56.7. The first-order valence-corrected chi connectivity index (χ1v) is 31.5. The van der Waals surface area contributed by atoms with E-state index in [1.807, 2.05) is 11.3 Å². The van der Waals surface area contributed by atoms with Crippen LogP contribution < -0.4 is 30.4 Å². The lowest BCUT2D eigenvalue weighted by molar-refractivity contribution is 0.332. The van der Waals surface area contributed by atoms with Crippen LogP contribution in [0.4, 0.5) is 51.2 Å². The normalized spacial score (nSPS) is 15.7. The fourth-order valence-corrected chi connectivity index (χ4v) is 14.8. The molecule has 0 saturated carbocycles. The molecule has 0 radical (unpaired) electrons. The van der Waals surface area contributed by atoms with Crippen molar-refractivity contribution in [3.05, 3.63) is 203 Å². The van der Waals surface area contributed by atoms with Gasteiger partial charge in [-0.2, -0.15) is 0 Å². The third-order valence-corrected chi connectivity index (χ3v) is 20.1. The van der Waals surface area contributed by atoms with Gasteiger partial charge in [-0.15, -0.1) is 11.3 Å². The number of fused-ring (bicyclic) bond motifs is 7. The maximum atomic E-state index is 2.72. The third-order valence-electron chi connectivity index (χ3n) is 18.9. The Bertz CT molecular complexity index is 3920. The summed E-state index contributed by atoms with van der Waals surface area (Å²) >= 11 is 2.01. The van der Waals surface area contributed by atoms with Gasteiger partial charge >= 0.3 is 0 Å². The Morgan fingerprint density at radius 3 is 1.40 bits per heavy atom. The van der Waals surface area contributed by atoms with Crippen LogP contribution in [-0.4, -0.2) is 6.71 Å². The zero-order chi connectivity index (χ0) is 59.3. The molecular weight excluding hydrogens is 1020 g/mol. The average Bonchev–Trinajstić information content (AvgIpc) is 1.92. The quantitative estimate of drug-likeness (QED) is 0.154. The Morgan fingerprint density at radius 1 is 0.422 bits per heavy atom. The van der Waals surface area contributed by atoms with Crippen LogP contribution in [0.25, 0.3) is 21.2 Å². The topological polar surface area (TPSA) is 9.72 Å². The second kappa shape index (κ2) is 19.4. The molecule has 1 aliphatic carbocycles.